The Kier molecular flexibility index (Phi) is 4.59. The fourth-order valence-corrected chi connectivity index (χ4v) is 3.57. The minimum atomic E-state index is -0.972. The molecular formula is C13H15BrN2O3S. The summed E-state index contributed by atoms with van der Waals surface area (Å²) < 4.78 is 0.767. The Morgan fingerprint density at radius 2 is 2.20 bits per heavy atom. The molecule has 5 nitrogen and oxygen atoms in total. The van der Waals surface area contributed by atoms with Crippen molar-refractivity contribution >= 4 is 45.4 Å². The van der Waals surface area contributed by atoms with E-state index in [9.17, 15) is 14.7 Å². The van der Waals surface area contributed by atoms with Crippen LogP contribution >= 0.6 is 27.7 Å². The minimum absolute atomic E-state index is 0.153. The molecule has 2 unspecified atom stereocenters. The maximum atomic E-state index is 12.3. The smallest absolute Gasteiger partial charge is 0.327 e. The van der Waals surface area contributed by atoms with Gasteiger partial charge in [0, 0.05) is 10.2 Å². The number of thioether (sulfide) groups is 1. The summed E-state index contributed by atoms with van der Waals surface area (Å²) in [5.74, 6) is -0.556. The van der Waals surface area contributed by atoms with Crippen molar-refractivity contribution in [3.8, 4) is 0 Å². The molecule has 0 radical (unpaired) electrons. The minimum Gasteiger partial charge on any atom is -0.480 e. The Bertz CT molecular complexity index is 552. The van der Waals surface area contributed by atoms with E-state index in [2.05, 4.69) is 21.2 Å². The van der Waals surface area contributed by atoms with Crippen LogP contribution in [0.2, 0.25) is 0 Å². The number of hydrogen-bond donors (Lipinski definition) is 2. The number of nitrogens with one attached hydrogen (secondary N) is 1. The number of anilines is 1. The van der Waals surface area contributed by atoms with Crippen molar-refractivity contribution in [1.29, 1.82) is 0 Å². The number of benzene rings is 1. The highest BCUT2D eigenvalue weighted by Crippen LogP contribution is 2.30. The van der Waals surface area contributed by atoms with Gasteiger partial charge in [-0.05, 0) is 47.5 Å². The fourth-order valence-electron chi connectivity index (χ4n) is 2.06. The predicted molar refractivity (Wildman–Crippen MR) is 83.1 cm³/mol. The molecule has 1 aliphatic rings. The topological polar surface area (TPSA) is 69.6 Å². The number of aryl methyl sites for hydroxylation is 1. The van der Waals surface area contributed by atoms with Crippen LogP contribution in [0.5, 0.6) is 0 Å². The van der Waals surface area contributed by atoms with E-state index in [1.807, 2.05) is 32.0 Å². The van der Waals surface area contributed by atoms with Gasteiger partial charge in [0.25, 0.3) is 0 Å². The molecule has 0 spiro atoms. The first-order chi connectivity index (χ1) is 9.40. The summed E-state index contributed by atoms with van der Waals surface area (Å²) in [6.07, 6.45) is 0. The lowest BCUT2D eigenvalue weighted by Gasteiger charge is -2.25. The van der Waals surface area contributed by atoms with E-state index < -0.39 is 12.0 Å². The SMILES string of the molecule is Cc1ccc(Br)c(NC(=O)N2C(C)SCC2C(=O)O)c1. The van der Waals surface area contributed by atoms with Gasteiger partial charge in [0.05, 0.1) is 11.1 Å². The van der Waals surface area contributed by atoms with Gasteiger partial charge >= 0.3 is 12.0 Å². The predicted octanol–water partition coefficient (Wildman–Crippen LogP) is 3.14. The number of carbonyl (C=O) groups excluding carboxylic acids is 1. The fraction of sp³-hybridized carbons (Fsp3) is 0.385. The van der Waals surface area contributed by atoms with Crippen LogP contribution in [-0.2, 0) is 4.79 Å². The number of carboxylic acid groups (broad SMARTS) is 1. The molecule has 0 saturated carbocycles. The van der Waals surface area contributed by atoms with Crippen molar-refractivity contribution in [3.05, 3.63) is 28.2 Å². The molecule has 20 heavy (non-hydrogen) atoms. The van der Waals surface area contributed by atoms with Gasteiger partial charge in [-0.1, -0.05) is 6.07 Å². The Hall–Kier alpha value is -1.21. The lowest BCUT2D eigenvalue weighted by molar-refractivity contribution is -0.141. The first-order valence-electron chi connectivity index (χ1n) is 6.10. The highest BCUT2D eigenvalue weighted by Gasteiger charge is 2.39. The van der Waals surface area contributed by atoms with Gasteiger partial charge in [0.1, 0.15) is 6.04 Å². The molecule has 1 aromatic carbocycles. The molecule has 108 valence electrons. The van der Waals surface area contributed by atoms with Gasteiger partial charge in [-0.2, -0.15) is 0 Å². The monoisotopic (exact) mass is 358 g/mol. The summed E-state index contributed by atoms with van der Waals surface area (Å²) in [4.78, 5) is 24.9. The van der Waals surface area contributed by atoms with E-state index >= 15 is 0 Å². The van der Waals surface area contributed by atoms with E-state index in [-0.39, 0.29) is 11.4 Å². The molecule has 2 N–H and O–H groups in total. The molecule has 2 atom stereocenters. The quantitative estimate of drug-likeness (QED) is 0.851. The standard InChI is InChI=1S/C13H15BrN2O3S/c1-7-3-4-9(14)10(5-7)15-13(19)16-8(2)20-6-11(16)12(17)18/h3-5,8,11H,6H2,1-2H3,(H,15,19)(H,17,18). The number of hydrogen-bond acceptors (Lipinski definition) is 3. The number of nitrogens with zero attached hydrogens (tertiary/aromatic N) is 1. The lowest BCUT2D eigenvalue weighted by atomic mass is 10.2. The number of halogens is 1. The molecule has 1 saturated heterocycles. The maximum absolute atomic E-state index is 12.3. The Morgan fingerprint density at radius 3 is 2.85 bits per heavy atom. The molecule has 2 rings (SSSR count). The summed E-state index contributed by atoms with van der Waals surface area (Å²) >= 11 is 4.83. The zero-order chi connectivity index (χ0) is 14.9. The number of urea groups is 1. The summed E-state index contributed by atoms with van der Waals surface area (Å²) in [5.41, 5.74) is 1.66. The normalized spacial score (nSPS) is 21.9. The summed E-state index contributed by atoms with van der Waals surface area (Å²) in [5, 5.41) is 11.8. The van der Waals surface area contributed by atoms with Crippen LogP contribution in [0.4, 0.5) is 10.5 Å². The molecule has 0 aromatic heterocycles. The van der Waals surface area contributed by atoms with Gasteiger partial charge in [0.15, 0.2) is 0 Å². The molecule has 7 heteroatoms. The van der Waals surface area contributed by atoms with Crippen LogP contribution in [-0.4, -0.2) is 39.2 Å². The highest BCUT2D eigenvalue weighted by atomic mass is 79.9. The molecule has 2 amide bonds. The van der Waals surface area contributed by atoms with Crippen LogP contribution in [0, 0.1) is 6.92 Å². The third-order valence-electron chi connectivity index (χ3n) is 3.11. The lowest BCUT2D eigenvalue weighted by Crippen LogP contribution is -2.46. The number of rotatable bonds is 2. The van der Waals surface area contributed by atoms with Crippen LogP contribution in [0.15, 0.2) is 22.7 Å². The van der Waals surface area contributed by atoms with Crippen molar-refractivity contribution < 1.29 is 14.7 Å². The zero-order valence-electron chi connectivity index (χ0n) is 11.1. The molecule has 1 fully saturated rings. The second kappa shape index (κ2) is 6.05. The van der Waals surface area contributed by atoms with E-state index in [4.69, 9.17) is 0 Å². The number of carboxylic acids is 1. The van der Waals surface area contributed by atoms with Gasteiger partial charge in [-0.3, -0.25) is 4.90 Å². The summed E-state index contributed by atoms with van der Waals surface area (Å²) in [7, 11) is 0. The highest BCUT2D eigenvalue weighted by molar-refractivity contribution is 9.10. The third kappa shape index (κ3) is 3.09. The zero-order valence-corrected chi connectivity index (χ0v) is 13.5. The molecule has 1 heterocycles. The van der Waals surface area contributed by atoms with E-state index in [1.165, 1.54) is 16.7 Å². The average molecular weight is 359 g/mol. The van der Waals surface area contributed by atoms with Gasteiger partial charge < -0.3 is 10.4 Å². The Morgan fingerprint density at radius 1 is 1.50 bits per heavy atom. The number of carbonyl (C=O) groups is 2. The largest absolute Gasteiger partial charge is 0.480 e. The Balaban J connectivity index is 2.18. The molecular weight excluding hydrogens is 344 g/mol. The second-order valence-corrected chi connectivity index (χ2v) is 6.81. The van der Waals surface area contributed by atoms with E-state index in [0.717, 1.165) is 10.0 Å². The third-order valence-corrected chi connectivity index (χ3v) is 5.02. The second-order valence-electron chi connectivity index (χ2n) is 4.61. The first kappa shape index (κ1) is 15.2. The van der Waals surface area contributed by atoms with Crippen LogP contribution in [0.3, 0.4) is 0 Å². The first-order valence-corrected chi connectivity index (χ1v) is 7.94. The maximum Gasteiger partial charge on any atom is 0.327 e. The van der Waals surface area contributed by atoms with Crippen molar-refractivity contribution in [3.63, 3.8) is 0 Å². The van der Waals surface area contributed by atoms with Crippen LogP contribution in [0.25, 0.3) is 0 Å². The molecule has 0 bridgehead atoms. The van der Waals surface area contributed by atoms with Gasteiger partial charge in [-0.15, -0.1) is 11.8 Å². The van der Waals surface area contributed by atoms with Crippen molar-refractivity contribution in [1.82, 2.24) is 4.90 Å². The van der Waals surface area contributed by atoms with Crippen molar-refractivity contribution in [2.75, 3.05) is 11.1 Å². The van der Waals surface area contributed by atoms with E-state index in [1.54, 1.807) is 0 Å². The summed E-state index contributed by atoms with van der Waals surface area (Å²) in [6.45, 7) is 3.76. The number of amides is 2. The average Bonchev–Trinajstić information content (AvgIpc) is 2.76. The summed E-state index contributed by atoms with van der Waals surface area (Å²) in [6, 6.07) is 4.45. The Labute approximate surface area is 129 Å². The molecule has 0 aliphatic carbocycles. The van der Waals surface area contributed by atoms with E-state index in [0.29, 0.717) is 11.4 Å². The van der Waals surface area contributed by atoms with Crippen molar-refractivity contribution in [2.45, 2.75) is 25.3 Å². The van der Waals surface area contributed by atoms with Crippen molar-refractivity contribution in [2.24, 2.45) is 0 Å². The van der Waals surface area contributed by atoms with Crippen LogP contribution < -0.4 is 5.32 Å². The van der Waals surface area contributed by atoms with Gasteiger partial charge in [0.2, 0.25) is 0 Å². The van der Waals surface area contributed by atoms with Crippen LogP contribution in [0.1, 0.15) is 12.5 Å². The molecule has 1 aliphatic heterocycles. The number of aliphatic carboxylic acids is 1. The van der Waals surface area contributed by atoms with Gasteiger partial charge in [-0.25, -0.2) is 9.59 Å². The molecule has 1 aromatic rings.